The lowest BCUT2D eigenvalue weighted by atomic mass is 9.81. The molecule has 3 amide bonds. The first-order chi connectivity index (χ1) is 11.5. The van der Waals surface area contributed by atoms with Gasteiger partial charge in [0.05, 0.1) is 35.9 Å². The topological polar surface area (TPSA) is 115 Å². The van der Waals surface area contributed by atoms with Crippen LogP contribution < -0.4 is 11.1 Å². The van der Waals surface area contributed by atoms with Gasteiger partial charge in [-0.25, -0.2) is 4.98 Å². The van der Waals surface area contributed by atoms with E-state index in [1.165, 1.54) is 6.20 Å². The first kappa shape index (κ1) is 15.1. The number of nitrogens with two attached hydrogens (primary N) is 1. The number of nitrogens with zero attached hydrogens (tertiary/aromatic N) is 2. The van der Waals surface area contributed by atoms with Crippen LogP contribution in [0.2, 0.25) is 0 Å². The fraction of sp³-hybridized carbons (Fsp3) is 0.500. The normalized spacial score (nSPS) is 32.1. The molecule has 3 aliphatic heterocycles. The summed E-state index contributed by atoms with van der Waals surface area (Å²) in [6.45, 7) is 1.56. The van der Waals surface area contributed by atoms with Crippen molar-refractivity contribution in [1.29, 1.82) is 0 Å². The SMILES string of the molecule is CC(C(=O)Nc1ccc(N)nc1)N1C(=O)C2C3CCC(O3)C2C1=O. The van der Waals surface area contributed by atoms with Gasteiger partial charge < -0.3 is 15.8 Å². The first-order valence-electron chi connectivity index (χ1n) is 8.02. The minimum atomic E-state index is -0.882. The van der Waals surface area contributed by atoms with Gasteiger partial charge in [-0.15, -0.1) is 0 Å². The Morgan fingerprint density at radius 2 is 1.92 bits per heavy atom. The summed E-state index contributed by atoms with van der Waals surface area (Å²) >= 11 is 0. The summed E-state index contributed by atoms with van der Waals surface area (Å²) in [6.07, 6.45) is 2.67. The van der Waals surface area contributed by atoms with Crippen molar-refractivity contribution < 1.29 is 19.1 Å². The van der Waals surface area contributed by atoms with E-state index in [0.29, 0.717) is 11.5 Å². The van der Waals surface area contributed by atoms with Gasteiger partial charge >= 0.3 is 0 Å². The molecule has 5 unspecified atom stereocenters. The highest BCUT2D eigenvalue weighted by molar-refractivity contribution is 6.10. The average Bonchev–Trinajstić information content (AvgIpc) is 3.23. The summed E-state index contributed by atoms with van der Waals surface area (Å²) in [4.78, 5) is 42.7. The molecule has 3 N–H and O–H groups in total. The highest BCUT2D eigenvalue weighted by Crippen LogP contribution is 2.48. The molecule has 3 fully saturated rings. The number of anilines is 2. The maximum Gasteiger partial charge on any atom is 0.247 e. The molecule has 4 rings (SSSR count). The van der Waals surface area contributed by atoms with Gasteiger partial charge in [0.1, 0.15) is 11.9 Å². The van der Waals surface area contributed by atoms with Gasteiger partial charge in [0.2, 0.25) is 17.7 Å². The molecule has 0 aliphatic carbocycles. The van der Waals surface area contributed by atoms with E-state index in [-0.39, 0.29) is 24.0 Å². The zero-order valence-corrected chi connectivity index (χ0v) is 13.1. The number of ether oxygens (including phenoxy) is 1. The molecule has 1 aromatic rings. The van der Waals surface area contributed by atoms with Gasteiger partial charge in [-0.3, -0.25) is 19.3 Å². The summed E-state index contributed by atoms with van der Waals surface area (Å²) in [7, 11) is 0. The number of aromatic nitrogens is 1. The summed E-state index contributed by atoms with van der Waals surface area (Å²) < 4.78 is 5.69. The Labute approximate surface area is 138 Å². The standard InChI is InChI=1S/C16H18N4O4/c1-7(14(21)19-8-2-5-11(17)18-6-8)20-15(22)12-9-3-4-10(24-9)13(12)16(20)23/h2,5-7,9-10,12-13H,3-4H2,1H3,(H2,17,18)(H,19,21). The maximum absolute atomic E-state index is 12.6. The zero-order valence-electron chi connectivity index (χ0n) is 13.1. The minimum absolute atomic E-state index is 0.182. The van der Waals surface area contributed by atoms with Crippen molar-refractivity contribution in [3.8, 4) is 0 Å². The van der Waals surface area contributed by atoms with Crippen LogP contribution in [-0.2, 0) is 19.1 Å². The van der Waals surface area contributed by atoms with Crippen molar-refractivity contribution in [3.63, 3.8) is 0 Å². The molecular weight excluding hydrogens is 312 g/mol. The van der Waals surface area contributed by atoms with Gasteiger partial charge in [-0.05, 0) is 31.9 Å². The Kier molecular flexibility index (Phi) is 3.31. The molecule has 8 nitrogen and oxygen atoms in total. The lowest BCUT2D eigenvalue weighted by Gasteiger charge is -2.23. The number of rotatable bonds is 3. The highest BCUT2D eigenvalue weighted by Gasteiger charge is 2.63. The van der Waals surface area contributed by atoms with Crippen LogP contribution in [0.25, 0.3) is 0 Å². The van der Waals surface area contributed by atoms with Crippen molar-refractivity contribution in [2.75, 3.05) is 11.1 Å². The quantitative estimate of drug-likeness (QED) is 0.763. The molecule has 24 heavy (non-hydrogen) atoms. The van der Waals surface area contributed by atoms with Crippen LogP contribution in [0.3, 0.4) is 0 Å². The fourth-order valence-electron chi connectivity index (χ4n) is 3.96. The zero-order chi connectivity index (χ0) is 17.0. The molecule has 5 atom stereocenters. The lowest BCUT2D eigenvalue weighted by Crippen LogP contribution is -2.47. The third-order valence-corrected chi connectivity index (χ3v) is 5.14. The van der Waals surface area contributed by atoms with E-state index in [1.807, 2.05) is 0 Å². The van der Waals surface area contributed by atoms with Gasteiger partial charge in [0.25, 0.3) is 0 Å². The molecule has 0 radical (unpaired) electrons. The van der Waals surface area contributed by atoms with Crippen LogP contribution in [-0.4, -0.2) is 45.9 Å². The molecule has 126 valence electrons. The Morgan fingerprint density at radius 1 is 1.29 bits per heavy atom. The summed E-state index contributed by atoms with van der Waals surface area (Å²) in [5.41, 5.74) is 5.97. The van der Waals surface area contributed by atoms with Crippen molar-refractivity contribution in [2.45, 2.75) is 38.0 Å². The average molecular weight is 330 g/mol. The number of carbonyl (C=O) groups excluding carboxylic acids is 3. The van der Waals surface area contributed by atoms with Crippen molar-refractivity contribution in [3.05, 3.63) is 18.3 Å². The summed E-state index contributed by atoms with van der Waals surface area (Å²) in [6, 6.07) is 2.29. The number of nitrogen functional groups attached to an aromatic ring is 1. The highest BCUT2D eigenvalue weighted by atomic mass is 16.5. The molecule has 0 spiro atoms. The van der Waals surface area contributed by atoms with Crippen molar-refractivity contribution >= 4 is 29.2 Å². The number of imide groups is 1. The number of nitrogens with one attached hydrogen (secondary N) is 1. The van der Waals surface area contributed by atoms with Crippen molar-refractivity contribution in [2.24, 2.45) is 11.8 Å². The molecule has 3 aliphatic rings. The second-order valence-corrected chi connectivity index (χ2v) is 6.53. The fourth-order valence-corrected chi connectivity index (χ4v) is 3.96. The van der Waals surface area contributed by atoms with Gasteiger partial charge in [0.15, 0.2) is 0 Å². The van der Waals surface area contributed by atoms with E-state index in [4.69, 9.17) is 10.5 Å². The van der Waals surface area contributed by atoms with Crippen LogP contribution in [0.4, 0.5) is 11.5 Å². The number of pyridine rings is 1. The number of hydrogen-bond acceptors (Lipinski definition) is 6. The van der Waals surface area contributed by atoms with E-state index in [2.05, 4.69) is 10.3 Å². The third kappa shape index (κ3) is 2.10. The van der Waals surface area contributed by atoms with Gasteiger partial charge in [-0.1, -0.05) is 0 Å². The Morgan fingerprint density at radius 3 is 2.46 bits per heavy atom. The Bertz CT molecular complexity index is 691. The Balaban J connectivity index is 1.51. The van der Waals surface area contributed by atoms with E-state index >= 15 is 0 Å². The van der Waals surface area contributed by atoms with Crippen LogP contribution in [0.1, 0.15) is 19.8 Å². The van der Waals surface area contributed by atoms with E-state index in [9.17, 15) is 14.4 Å². The largest absolute Gasteiger partial charge is 0.384 e. The summed E-state index contributed by atoms with van der Waals surface area (Å²) in [5.74, 6) is -1.54. The van der Waals surface area contributed by atoms with Crippen LogP contribution >= 0.6 is 0 Å². The van der Waals surface area contributed by atoms with Crippen LogP contribution in [0.15, 0.2) is 18.3 Å². The number of fused-ring (bicyclic) bond motifs is 5. The predicted octanol–water partition coefficient (Wildman–Crippen LogP) is 0.153. The number of hydrogen-bond donors (Lipinski definition) is 2. The van der Waals surface area contributed by atoms with E-state index in [0.717, 1.165) is 17.7 Å². The minimum Gasteiger partial charge on any atom is -0.384 e. The molecule has 3 saturated heterocycles. The van der Waals surface area contributed by atoms with Gasteiger partial charge in [-0.2, -0.15) is 0 Å². The maximum atomic E-state index is 12.6. The first-order valence-corrected chi connectivity index (χ1v) is 8.02. The van der Waals surface area contributed by atoms with Crippen LogP contribution in [0.5, 0.6) is 0 Å². The molecule has 8 heteroatoms. The smallest absolute Gasteiger partial charge is 0.247 e. The number of likely N-dealkylation sites (tertiary alicyclic amines) is 1. The molecule has 0 aromatic carbocycles. The van der Waals surface area contributed by atoms with Crippen molar-refractivity contribution in [1.82, 2.24) is 9.88 Å². The van der Waals surface area contributed by atoms with E-state index in [1.54, 1.807) is 19.1 Å². The molecule has 0 saturated carbocycles. The lowest BCUT2D eigenvalue weighted by molar-refractivity contribution is -0.148. The van der Waals surface area contributed by atoms with Crippen LogP contribution in [0, 0.1) is 11.8 Å². The molecular formula is C16H18N4O4. The van der Waals surface area contributed by atoms with E-state index < -0.39 is 23.8 Å². The molecule has 2 bridgehead atoms. The molecule has 1 aromatic heterocycles. The monoisotopic (exact) mass is 330 g/mol. The summed E-state index contributed by atoms with van der Waals surface area (Å²) in [5, 5.41) is 2.66. The second-order valence-electron chi connectivity index (χ2n) is 6.53. The predicted molar refractivity (Wildman–Crippen MR) is 83.5 cm³/mol. The second kappa shape index (κ2) is 5.27. The van der Waals surface area contributed by atoms with Gasteiger partial charge in [0, 0.05) is 0 Å². The molecule has 4 heterocycles. The number of carbonyl (C=O) groups is 3. The number of amides is 3. The third-order valence-electron chi connectivity index (χ3n) is 5.14. The Hall–Kier alpha value is -2.48.